The Morgan fingerprint density at radius 3 is 2.23 bits per heavy atom. The van der Waals surface area contributed by atoms with Crippen LogP contribution in [0.2, 0.25) is 0 Å². The van der Waals surface area contributed by atoms with E-state index in [-0.39, 0.29) is 11.8 Å². The second-order valence-electron chi connectivity index (χ2n) is 5.67. The summed E-state index contributed by atoms with van der Waals surface area (Å²) in [7, 11) is 0. The van der Waals surface area contributed by atoms with E-state index in [0.717, 1.165) is 49.0 Å². The molecule has 1 aliphatic rings. The van der Waals surface area contributed by atoms with Crippen molar-refractivity contribution >= 4 is 17.5 Å². The highest BCUT2D eigenvalue weighted by Gasteiger charge is 2.20. The van der Waals surface area contributed by atoms with Crippen LogP contribution in [0.1, 0.15) is 38.1 Å². The summed E-state index contributed by atoms with van der Waals surface area (Å²) in [5.74, 6) is 0.815. The monoisotopic (exact) mass is 306 g/mol. The number of ether oxygens (including phenoxy) is 1. The van der Waals surface area contributed by atoms with Crippen molar-refractivity contribution in [2.45, 2.75) is 40.5 Å². The Kier molecular flexibility index (Phi) is 5.71. The molecule has 6 heteroatoms. The average Bonchev–Trinajstić information content (AvgIpc) is 2.52. The molecule has 1 saturated heterocycles. The van der Waals surface area contributed by atoms with Gasteiger partial charge >= 0.3 is 0 Å². The first-order valence-electron chi connectivity index (χ1n) is 8.05. The second-order valence-corrected chi connectivity index (χ2v) is 5.67. The maximum Gasteiger partial charge on any atom is 0.227 e. The predicted octanol–water partition coefficient (Wildman–Crippen LogP) is 2.30. The van der Waals surface area contributed by atoms with Gasteiger partial charge in [0, 0.05) is 19.0 Å². The van der Waals surface area contributed by atoms with Gasteiger partial charge in [-0.1, -0.05) is 13.8 Å². The van der Waals surface area contributed by atoms with Crippen LogP contribution in [0.3, 0.4) is 0 Å². The molecule has 0 bridgehead atoms. The number of carbonyl (C=O) groups excluding carboxylic acids is 1. The number of aryl methyl sites for hydroxylation is 2. The predicted molar refractivity (Wildman–Crippen MR) is 87.2 cm³/mol. The van der Waals surface area contributed by atoms with Crippen molar-refractivity contribution in [1.29, 1.82) is 0 Å². The number of aromatic nitrogens is 2. The van der Waals surface area contributed by atoms with Crippen LogP contribution >= 0.6 is 0 Å². The molecule has 0 spiro atoms. The van der Waals surface area contributed by atoms with Crippen molar-refractivity contribution in [1.82, 2.24) is 9.97 Å². The Labute approximate surface area is 132 Å². The molecule has 122 valence electrons. The maximum atomic E-state index is 12.3. The average molecular weight is 306 g/mol. The van der Waals surface area contributed by atoms with Crippen LogP contribution in [0.4, 0.5) is 11.6 Å². The summed E-state index contributed by atoms with van der Waals surface area (Å²) in [6, 6.07) is 0. The molecular weight excluding hydrogens is 280 g/mol. The Morgan fingerprint density at radius 2 is 1.73 bits per heavy atom. The molecular formula is C16H26N4O2. The Morgan fingerprint density at radius 1 is 1.18 bits per heavy atom. The first-order chi connectivity index (χ1) is 10.6. The fourth-order valence-corrected chi connectivity index (χ4v) is 2.67. The van der Waals surface area contributed by atoms with Crippen LogP contribution in [0, 0.1) is 19.8 Å². The molecule has 1 N–H and O–H groups in total. The zero-order valence-corrected chi connectivity index (χ0v) is 14.0. The number of amides is 1. The molecule has 1 fully saturated rings. The van der Waals surface area contributed by atoms with Crippen LogP contribution < -0.4 is 10.2 Å². The molecule has 0 atom stereocenters. The lowest BCUT2D eigenvalue weighted by atomic mass is 10.0. The maximum absolute atomic E-state index is 12.3. The number of nitrogens with zero attached hydrogens (tertiary/aromatic N) is 3. The number of hydrogen-bond acceptors (Lipinski definition) is 5. The first-order valence-corrected chi connectivity index (χ1v) is 8.05. The van der Waals surface area contributed by atoms with Gasteiger partial charge in [-0.05, 0) is 26.7 Å². The van der Waals surface area contributed by atoms with E-state index in [1.807, 2.05) is 27.7 Å². The van der Waals surface area contributed by atoms with Gasteiger partial charge in [0.2, 0.25) is 11.9 Å². The second kappa shape index (κ2) is 7.54. The molecule has 0 saturated carbocycles. The molecule has 2 heterocycles. The van der Waals surface area contributed by atoms with Gasteiger partial charge in [0.05, 0.1) is 30.3 Å². The first kappa shape index (κ1) is 16.7. The van der Waals surface area contributed by atoms with Gasteiger partial charge in [-0.2, -0.15) is 0 Å². The minimum absolute atomic E-state index is 0.0396. The van der Waals surface area contributed by atoms with Gasteiger partial charge in [0.25, 0.3) is 0 Å². The fourth-order valence-electron chi connectivity index (χ4n) is 2.67. The summed E-state index contributed by atoms with van der Waals surface area (Å²) < 4.78 is 5.35. The van der Waals surface area contributed by atoms with E-state index in [0.29, 0.717) is 13.2 Å². The molecule has 2 rings (SSSR count). The lowest BCUT2D eigenvalue weighted by Gasteiger charge is -2.27. The van der Waals surface area contributed by atoms with Crippen molar-refractivity contribution in [2.24, 2.45) is 5.92 Å². The van der Waals surface area contributed by atoms with E-state index >= 15 is 0 Å². The topological polar surface area (TPSA) is 67.4 Å². The number of anilines is 2. The molecule has 1 amide bonds. The molecule has 22 heavy (non-hydrogen) atoms. The Bertz CT molecular complexity index is 500. The SMILES string of the molecule is CCC(CC)C(=O)Nc1c(C)nc(N2CCOCC2)nc1C. The van der Waals surface area contributed by atoms with Crippen molar-refractivity contribution in [3.8, 4) is 0 Å². The molecule has 0 radical (unpaired) electrons. The minimum atomic E-state index is 0.0396. The van der Waals surface area contributed by atoms with Gasteiger partial charge in [-0.3, -0.25) is 4.79 Å². The van der Waals surface area contributed by atoms with Crippen LogP contribution in [-0.2, 0) is 9.53 Å². The fraction of sp³-hybridized carbons (Fsp3) is 0.688. The number of nitrogens with one attached hydrogen (secondary N) is 1. The molecule has 6 nitrogen and oxygen atoms in total. The van der Waals surface area contributed by atoms with Crippen molar-refractivity contribution < 1.29 is 9.53 Å². The van der Waals surface area contributed by atoms with Gasteiger partial charge < -0.3 is 15.0 Å². The third kappa shape index (κ3) is 3.74. The van der Waals surface area contributed by atoms with E-state index < -0.39 is 0 Å². The van der Waals surface area contributed by atoms with Gasteiger partial charge in [0.15, 0.2) is 0 Å². The van der Waals surface area contributed by atoms with Crippen molar-refractivity contribution in [3.05, 3.63) is 11.4 Å². The number of morpholine rings is 1. The van der Waals surface area contributed by atoms with Gasteiger partial charge in [-0.25, -0.2) is 9.97 Å². The Balaban J connectivity index is 2.17. The summed E-state index contributed by atoms with van der Waals surface area (Å²) in [6.45, 7) is 10.9. The third-order valence-electron chi connectivity index (χ3n) is 4.16. The van der Waals surface area contributed by atoms with Crippen molar-refractivity contribution in [3.63, 3.8) is 0 Å². The van der Waals surface area contributed by atoms with E-state index in [1.54, 1.807) is 0 Å². The number of rotatable bonds is 5. The lowest BCUT2D eigenvalue weighted by molar-refractivity contribution is -0.120. The summed E-state index contributed by atoms with van der Waals surface area (Å²) in [5.41, 5.74) is 2.37. The van der Waals surface area contributed by atoms with E-state index in [1.165, 1.54) is 0 Å². The molecule has 0 aromatic carbocycles. The highest BCUT2D eigenvalue weighted by molar-refractivity contribution is 5.93. The zero-order chi connectivity index (χ0) is 16.1. The molecule has 1 aliphatic heterocycles. The van der Waals surface area contributed by atoms with Crippen LogP contribution in [0.25, 0.3) is 0 Å². The third-order valence-corrected chi connectivity index (χ3v) is 4.16. The minimum Gasteiger partial charge on any atom is -0.378 e. The number of hydrogen-bond donors (Lipinski definition) is 1. The quantitative estimate of drug-likeness (QED) is 0.904. The zero-order valence-electron chi connectivity index (χ0n) is 14.0. The summed E-state index contributed by atoms with van der Waals surface area (Å²) in [5, 5.41) is 3.00. The van der Waals surface area contributed by atoms with Crippen molar-refractivity contribution in [2.75, 3.05) is 36.5 Å². The molecule has 1 aromatic heterocycles. The standard InChI is InChI=1S/C16H26N4O2/c1-5-13(6-2)15(21)19-14-11(3)17-16(18-12(14)4)20-7-9-22-10-8-20/h13H,5-10H2,1-4H3,(H,19,21). The number of carbonyl (C=O) groups is 1. The van der Waals surface area contributed by atoms with Gasteiger partial charge in [0.1, 0.15) is 0 Å². The lowest BCUT2D eigenvalue weighted by Crippen LogP contribution is -2.37. The van der Waals surface area contributed by atoms with Gasteiger partial charge in [-0.15, -0.1) is 0 Å². The highest BCUT2D eigenvalue weighted by Crippen LogP contribution is 2.22. The summed E-state index contributed by atoms with van der Waals surface area (Å²) in [6.07, 6.45) is 1.68. The Hall–Kier alpha value is -1.69. The van der Waals surface area contributed by atoms with E-state index in [2.05, 4.69) is 20.2 Å². The highest BCUT2D eigenvalue weighted by atomic mass is 16.5. The van der Waals surface area contributed by atoms with Crippen LogP contribution in [0.15, 0.2) is 0 Å². The molecule has 1 aromatic rings. The van der Waals surface area contributed by atoms with Crippen LogP contribution in [0.5, 0.6) is 0 Å². The normalized spacial score (nSPS) is 15.2. The largest absolute Gasteiger partial charge is 0.378 e. The molecule has 0 unspecified atom stereocenters. The smallest absolute Gasteiger partial charge is 0.227 e. The van der Waals surface area contributed by atoms with E-state index in [9.17, 15) is 4.79 Å². The molecule has 0 aliphatic carbocycles. The summed E-state index contributed by atoms with van der Waals surface area (Å²) >= 11 is 0. The van der Waals surface area contributed by atoms with E-state index in [4.69, 9.17) is 4.74 Å². The van der Waals surface area contributed by atoms with Crippen LogP contribution in [-0.4, -0.2) is 42.2 Å². The summed E-state index contributed by atoms with van der Waals surface area (Å²) in [4.78, 5) is 23.5.